The number of carbonyl (C=O) groups excluding carboxylic acids is 3. The van der Waals surface area contributed by atoms with E-state index in [2.05, 4.69) is 19.2 Å². The average Bonchev–Trinajstić information content (AvgIpc) is 3.31. The average molecular weight is 475 g/mol. The Kier molecular flexibility index (Phi) is 8.37. The molecule has 2 heterocycles. The number of thioether (sulfide) groups is 1. The lowest BCUT2D eigenvalue weighted by Crippen LogP contribution is -2.51. The van der Waals surface area contributed by atoms with Gasteiger partial charge in [0.15, 0.2) is 0 Å². The third kappa shape index (κ3) is 5.18. The molecule has 6 nitrogen and oxygen atoms in total. The number of nitrogens with zero attached hydrogens (tertiary/aromatic N) is 1. The lowest BCUT2D eigenvalue weighted by molar-refractivity contribution is -0.145. The molecule has 1 N–H and O–H groups in total. The Hall–Kier alpha value is -2.32. The highest BCUT2D eigenvalue weighted by Crippen LogP contribution is 2.44. The van der Waals surface area contributed by atoms with Crippen molar-refractivity contribution in [3.8, 4) is 0 Å². The minimum Gasteiger partial charge on any atom is -0.467 e. The van der Waals surface area contributed by atoms with Gasteiger partial charge in [0.05, 0.1) is 19.1 Å². The van der Waals surface area contributed by atoms with Gasteiger partial charge in [-0.2, -0.15) is 11.8 Å². The van der Waals surface area contributed by atoms with Gasteiger partial charge in [-0.15, -0.1) is 11.3 Å². The van der Waals surface area contributed by atoms with Gasteiger partial charge in [0, 0.05) is 17.0 Å². The van der Waals surface area contributed by atoms with Crippen LogP contribution in [0.25, 0.3) is 0 Å². The fourth-order valence-corrected chi connectivity index (χ4v) is 5.48. The summed E-state index contributed by atoms with van der Waals surface area (Å²) in [5.74, 6) is -0.466. The van der Waals surface area contributed by atoms with E-state index < -0.39 is 24.0 Å². The van der Waals surface area contributed by atoms with Crippen molar-refractivity contribution in [2.24, 2.45) is 5.92 Å². The van der Waals surface area contributed by atoms with Crippen LogP contribution < -0.4 is 5.32 Å². The number of amides is 2. The molecule has 0 fully saturated rings. The molecule has 0 saturated carbocycles. The highest BCUT2D eigenvalue weighted by atomic mass is 32.2. The summed E-state index contributed by atoms with van der Waals surface area (Å²) in [5, 5.41) is 4.89. The minimum absolute atomic E-state index is 0.0661. The molecule has 1 aromatic carbocycles. The molecule has 0 aliphatic carbocycles. The van der Waals surface area contributed by atoms with Gasteiger partial charge in [-0.3, -0.25) is 9.59 Å². The highest BCUT2D eigenvalue weighted by Gasteiger charge is 2.45. The molecule has 1 aliphatic rings. The van der Waals surface area contributed by atoms with Gasteiger partial charge < -0.3 is 15.0 Å². The smallest absolute Gasteiger partial charge is 0.328 e. The second kappa shape index (κ2) is 11.0. The Morgan fingerprint density at radius 2 is 1.97 bits per heavy atom. The van der Waals surface area contributed by atoms with Crippen molar-refractivity contribution < 1.29 is 19.1 Å². The number of hydrogen-bond donors (Lipinski definition) is 1. The maximum Gasteiger partial charge on any atom is 0.328 e. The molecule has 2 aromatic rings. The summed E-state index contributed by atoms with van der Waals surface area (Å²) in [6, 6.07) is 10.0. The molecule has 0 saturated heterocycles. The number of rotatable bonds is 9. The van der Waals surface area contributed by atoms with E-state index in [4.69, 9.17) is 4.74 Å². The van der Waals surface area contributed by atoms with Crippen LogP contribution in [0.3, 0.4) is 0 Å². The number of benzene rings is 1. The molecule has 1 aromatic heterocycles. The van der Waals surface area contributed by atoms with Crippen molar-refractivity contribution in [1.29, 1.82) is 0 Å². The molecule has 2 amide bonds. The van der Waals surface area contributed by atoms with Gasteiger partial charge >= 0.3 is 5.97 Å². The monoisotopic (exact) mass is 474 g/mol. The van der Waals surface area contributed by atoms with Crippen molar-refractivity contribution in [2.45, 2.75) is 38.3 Å². The second-order valence-electron chi connectivity index (χ2n) is 8.24. The van der Waals surface area contributed by atoms with Crippen LogP contribution in [0.2, 0.25) is 0 Å². The number of ether oxygens (including phenoxy) is 1. The molecular formula is C24H30N2O4S2. The third-order valence-corrected chi connectivity index (χ3v) is 7.12. The van der Waals surface area contributed by atoms with Crippen molar-refractivity contribution in [3.05, 3.63) is 57.8 Å². The van der Waals surface area contributed by atoms with Crippen LogP contribution in [0.4, 0.5) is 0 Å². The first-order valence-corrected chi connectivity index (χ1v) is 13.0. The van der Waals surface area contributed by atoms with Crippen LogP contribution in [-0.2, 0) is 14.3 Å². The van der Waals surface area contributed by atoms with E-state index >= 15 is 0 Å². The summed E-state index contributed by atoms with van der Waals surface area (Å²) >= 11 is 3.14. The molecule has 3 atom stereocenters. The number of esters is 1. The van der Waals surface area contributed by atoms with Crippen LogP contribution in [0, 0.1) is 5.92 Å². The van der Waals surface area contributed by atoms with Crippen molar-refractivity contribution in [1.82, 2.24) is 10.2 Å². The minimum atomic E-state index is -0.729. The van der Waals surface area contributed by atoms with Gasteiger partial charge in [0.25, 0.3) is 5.91 Å². The van der Waals surface area contributed by atoms with Crippen LogP contribution in [0.5, 0.6) is 0 Å². The number of hydrogen-bond acceptors (Lipinski definition) is 6. The number of fused-ring (bicyclic) bond motifs is 1. The Morgan fingerprint density at radius 1 is 1.22 bits per heavy atom. The van der Waals surface area contributed by atoms with E-state index in [9.17, 15) is 14.4 Å². The first kappa shape index (κ1) is 24.3. The van der Waals surface area contributed by atoms with Gasteiger partial charge in [-0.25, -0.2) is 4.79 Å². The fraction of sp³-hybridized carbons (Fsp3) is 0.458. The summed E-state index contributed by atoms with van der Waals surface area (Å²) in [4.78, 5) is 42.3. The number of nitrogens with one attached hydrogen (secondary N) is 1. The molecular weight excluding hydrogens is 444 g/mol. The Balaban J connectivity index is 2.06. The summed E-state index contributed by atoms with van der Waals surface area (Å²) in [5.41, 5.74) is 1.24. The van der Waals surface area contributed by atoms with E-state index in [1.54, 1.807) is 17.8 Å². The van der Waals surface area contributed by atoms with Crippen LogP contribution in [0.15, 0.2) is 41.8 Å². The van der Waals surface area contributed by atoms with Gasteiger partial charge in [-0.05, 0) is 47.4 Å². The topological polar surface area (TPSA) is 75.7 Å². The van der Waals surface area contributed by atoms with E-state index in [0.717, 1.165) is 4.88 Å². The van der Waals surface area contributed by atoms with E-state index in [0.29, 0.717) is 29.8 Å². The maximum absolute atomic E-state index is 13.7. The summed E-state index contributed by atoms with van der Waals surface area (Å²) in [7, 11) is 1.33. The van der Waals surface area contributed by atoms with E-state index in [1.165, 1.54) is 18.4 Å². The van der Waals surface area contributed by atoms with Gasteiger partial charge in [0.2, 0.25) is 5.91 Å². The van der Waals surface area contributed by atoms with Crippen molar-refractivity contribution in [3.63, 3.8) is 0 Å². The second-order valence-corrected chi connectivity index (χ2v) is 10.2. The molecule has 0 radical (unpaired) electrons. The molecule has 32 heavy (non-hydrogen) atoms. The first-order valence-electron chi connectivity index (χ1n) is 10.7. The summed E-state index contributed by atoms with van der Waals surface area (Å²) in [6.07, 6.45) is 2.43. The normalized spacial score (nSPS) is 18.9. The maximum atomic E-state index is 13.7. The largest absolute Gasteiger partial charge is 0.467 e. The first-order chi connectivity index (χ1) is 15.4. The zero-order valence-corrected chi connectivity index (χ0v) is 20.5. The summed E-state index contributed by atoms with van der Waals surface area (Å²) in [6.45, 7) is 4.65. The third-order valence-electron chi connectivity index (χ3n) is 5.53. The Morgan fingerprint density at radius 3 is 2.59 bits per heavy atom. The van der Waals surface area contributed by atoms with Crippen LogP contribution in [0.1, 0.15) is 53.0 Å². The van der Waals surface area contributed by atoms with Crippen LogP contribution >= 0.6 is 23.1 Å². The molecule has 1 aliphatic heterocycles. The molecule has 3 unspecified atom stereocenters. The lowest BCUT2D eigenvalue weighted by atomic mass is 9.81. The van der Waals surface area contributed by atoms with Crippen LogP contribution in [-0.4, -0.2) is 54.4 Å². The zero-order chi connectivity index (χ0) is 23.3. The SMILES string of the molecule is COC(=O)C(CCSC)NC(=O)C1c2ccccc2C(=O)N(CC(C)C)C1c1cccs1. The molecule has 8 heteroatoms. The fourth-order valence-electron chi connectivity index (χ4n) is 4.13. The highest BCUT2D eigenvalue weighted by molar-refractivity contribution is 7.98. The standard InChI is InChI=1S/C24H30N2O4S2/c1-15(2)14-26-21(19-10-7-12-32-19)20(16-8-5-6-9-17(16)23(26)28)22(27)25-18(11-13-31-4)24(29)30-3/h5-10,12,15,18,20-21H,11,13-14H2,1-4H3,(H,25,27). The van der Waals surface area contributed by atoms with E-state index in [-0.39, 0.29) is 17.7 Å². The number of methoxy groups -OCH3 is 1. The predicted molar refractivity (Wildman–Crippen MR) is 129 cm³/mol. The quantitative estimate of drug-likeness (QED) is 0.554. The molecule has 0 spiro atoms. The van der Waals surface area contributed by atoms with Crippen molar-refractivity contribution in [2.75, 3.05) is 25.7 Å². The predicted octanol–water partition coefficient (Wildman–Crippen LogP) is 4.10. The zero-order valence-electron chi connectivity index (χ0n) is 18.9. The molecule has 172 valence electrons. The van der Waals surface area contributed by atoms with Gasteiger partial charge in [-0.1, -0.05) is 38.1 Å². The summed E-state index contributed by atoms with van der Waals surface area (Å²) < 4.78 is 4.93. The van der Waals surface area contributed by atoms with Crippen molar-refractivity contribution >= 4 is 40.9 Å². The Labute approximate surface area is 197 Å². The number of carbonyl (C=O) groups is 3. The molecule has 0 bridgehead atoms. The number of thiophene rings is 1. The molecule has 3 rings (SSSR count). The van der Waals surface area contributed by atoms with Gasteiger partial charge in [0.1, 0.15) is 6.04 Å². The van der Waals surface area contributed by atoms with E-state index in [1.807, 2.05) is 46.9 Å². The Bertz CT molecular complexity index is 945. The lowest BCUT2D eigenvalue weighted by Gasteiger charge is -2.42.